The van der Waals surface area contributed by atoms with Crippen LogP contribution in [0, 0.1) is 0 Å². The summed E-state index contributed by atoms with van der Waals surface area (Å²) in [5.41, 5.74) is 3.26. The molecule has 0 spiro atoms. The Kier molecular flexibility index (Phi) is 3.54. The Labute approximate surface area is 158 Å². The number of halogens is 1. The van der Waals surface area contributed by atoms with Crippen molar-refractivity contribution < 1.29 is 4.79 Å². The van der Waals surface area contributed by atoms with Gasteiger partial charge >= 0.3 is 0 Å². The lowest BCUT2D eigenvalue weighted by molar-refractivity contribution is 0.0946. The van der Waals surface area contributed by atoms with E-state index in [0.717, 1.165) is 28.4 Å². The molecule has 1 aromatic heterocycles. The number of hydrogen-bond acceptors (Lipinski definition) is 2. The van der Waals surface area contributed by atoms with Crippen molar-refractivity contribution in [1.29, 1.82) is 0 Å². The van der Waals surface area contributed by atoms with E-state index in [0.29, 0.717) is 0 Å². The molecular weight excluding hydrogens is 392 g/mol. The summed E-state index contributed by atoms with van der Waals surface area (Å²) < 4.78 is 3.61. The minimum atomic E-state index is -0.0464. The molecule has 0 amide bonds. The first kappa shape index (κ1) is 15.3. The topological polar surface area (TPSA) is 17.1 Å². The van der Waals surface area contributed by atoms with Gasteiger partial charge in [-0.05, 0) is 36.1 Å². The quantitative estimate of drug-likeness (QED) is 0.342. The maximum Gasteiger partial charge on any atom is 0.170 e. The van der Waals surface area contributed by atoms with E-state index < -0.39 is 0 Å². The van der Waals surface area contributed by atoms with Gasteiger partial charge in [0.1, 0.15) is 0 Å². The van der Waals surface area contributed by atoms with E-state index in [4.69, 9.17) is 0 Å². The molecule has 1 heterocycles. The summed E-state index contributed by atoms with van der Waals surface area (Å²) in [6, 6.07) is 20.8. The Hall–Kier alpha value is -1.97. The van der Waals surface area contributed by atoms with Crippen LogP contribution in [0.1, 0.15) is 33.8 Å². The van der Waals surface area contributed by atoms with Crippen molar-refractivity contribution in [1.82, 2.24) is 0 Å². The number of fused-ring (bicyclic) bond motifs is 5. The number of aryl methyl sites for hydroxylation is 1. The molecule has 122 valence electrons. The molecule has 1 atom stereocenters. The van der Waals surface area contributed by atoms with Crippen molar-refractivity contribution in [2.45, 2.75) is 18.8 Å². The lowest BCUT2D eigenvalue weighted by Gasteiger charge is -2.25. The fourth-order valence-electron chi connectivity index (χ4n) is 3.99. The molecule has 0 fully saturated rings. The van der Waals surface area contributed by atoms with Gasteiger partial charge in [-0.1, -0.05) is 64.5 Å². The van der Waals surface area contributed by atoms with Gasteiger partial charge in [-0.3, -0.25) is 4.79 Å². The fourth-order valence-corrected chi connectivity index (χ4v) is 5.82. The van der Waals surface area contributed by atoms with Crippen LogP contribution in [0.5, 0.6) is 0 Å². The highest BCUT2D eigenvalue weighted by Crippen LogP contribution is 2.42. The van der Waals surface area contributed by atoms with Crippen molar-refractivity contribution in [2.75, 3.05) is 0 Å². The SMILES string of the molecule is O=C1c2ccc3c(sc4ccccc43)c2CCC1c1ccccc1Br. The molecule has 3 heteroatoms. The van der Waals surface area contributed by atoms with Crippen LogP contribution < -0.4 is 0 Å². The normalized spacial score (nSPS) is 17.2. The zero-order chi connectivity index (χ0) is 17.0. The number of hydrogen-bond donors (Lipinski definition) is 0. The van der Waals surface area contributed by atoms with E-state index in [1.165, 1.54) is 25.7 Å². The third-order valence-electron chi connectivity index (χ3n) is 5.20. The van der Waals surface area contributed by atoms with Gasteiger partial charge in [-0.25, -0.2) is 0 Å². The summed E-state index contributed by atoms with van der Waals surface area (Å²) >= 11 is 5.43. The van der Waals surface area contributed by atoms with E-state index in [2.05, 4.69) is 52.3 Å². The van der Waals surface area contributed by atoms with Gasteiger partial charge in [0.15, 0.2) is 5.78 Å². The highest BCUT2D eigenvalue weighted by Gasteiger charge is 2.31. The summed E-state index contributed by atoms with van der Waals surface area (Å²) in [4.78, 5) is 13.2. The summed E-state index contributed by atoms with van der Waals surface area (Å²) in [5, 5.41) is 2.58. The second-order valence-electron chi connectivity index (χ2n) is 6.54. The van der Waals surface area contributed by atoms with Gasteiger partial charge in [0.2, 0.25) is 0 Å². The largest absolute Gasteiger partial charge is 0.293 e. The monoisotopic (exact) mass is 406 g/mol. The molecule has 0 bridgehead atoms. The first-order chi connectivity index (χ1) is 12.2. The second kappa shape index (κ2) is 5.79. The van der Waals surface area contributed by atoms with Gasteiger partial charge in [0, 0.05) is 36.1 Å². The number of benzene rings is 3. The Bertz CT molecular complexity index is 1140. The van der Waals surface area contributed by atoms with Gasteiger partial charge < -0.3 is 0 Å². The number of thiophene rings is 1. The highest BCUT2D eigenvalue weighted by atomic mass is 79.9. The van der Waals surface area contributed by atoms with Crippen LogP contribution in [-0.4, -0.2) is 5.78 Å². The zero-order valence-corrected chi connectivity index (χ0v) is 15.9. The summed E-state index contributed by atoms with van der Waals surface area (Å²) in [6.45, 7) is 0. The molecule has 1 nitrogen and oxygen atoms in total. The molecule has 1 aliphatic carbocycles. The Morgan fingerprint density at radius 1 is 0.920 bits per heavy atom. The maximum absolute atomic E-state index is 13.2. The number of carbonyl (C=O) groups is 1. The van der Waals surface area contributed by atoms with E-state index >= 15 is 0 Å². The molecular formula is C22H15BrOS. The van der Waals surface area contributed by atoms with Crippen molar-refractivity contribution >= 4 is 53.2 Å². The van der Waals surface area contributed by atoms with Gasteiger partial charge in [-0.15, -0.1) is 11.3 Å². The summed E-state index contributed by atoms with van der Waals surface area (Å²) in [7, 11) is 0. The molecule has 1 unspecified atom stereocenters. The minimum Gasteiger partial charge on any atom is -0.293 e. The van der Waals surface area contributed by atoms with Crippen LogP contribution in [0.2, 0.25) is 0 Å². The summed E-state index contributed by atoms with van der Waals surface area (Å²) in [6.07, 6.45) is 1.83. The number of rotatable bonds is 1. The van der Waals surface area contributed by atoms with Crippen molar-refractivity contribution in [2.24, 2.45) is 0 Å². The average Bonchev–Trinajstić information content (AvgIpc) is 3.02. The zero-order valence-electron chi connectivity index (χ0n) is 13.5. The van der Waals surface area contributed by atoms with E-state index in [1.54, 1.807) is 0 Å². The fraction of sp³-hybridized carbons (Fsp3) is 0.136. The molecule has 4 aromatic rings. The molecule has 0 saturated carbocycles. The standard InChI is InChI=1S/C22H15BrOS/c23-19-7-3-1-5-13(19)15-9-12-18-16(21(15)24)10-11-17-14-6-2-4-8-20(14)25-22(17)18/h1-8,10-11,15H,9,12H2. The van der Waals surface area contributed by atoms with Gasteiger partial charge in [-0.2, -0.15) is 0 Å². The molecule has 1 aliphatic rings. The maximum atomic E-state index is 13.2. The predicted octanol–water partition coefficient (Wildman–Crippen LogP) is 6.73. The molecule has 25 heavy (non-hydrogen) atoms. The predicted molar refractivity (Wildman–Crippen MR) is 109 cm³/mol. The van der Waals surface area contributed by atoms with Crippen molar-refractivity contribution in [3.05, 3.63) is 81.8 Å². The smallest absolute Gasteiger partial charge is 0.170 e. The number of Topliss-reactive ketones (excluding diaryl/α,β-unsaturated/α-hetero) is 1. The van der Waals surface area contributed by atoms with Crippen LogP contribution in [0.4, 0.5) is 0 Å². The van der Waals surface area contributed by atoms with Crippen LogP contribution in [0.25, 0.3) is 20.2 Å². The first-order valence-electron chi connectivity index (χ1n) is 8.46. The van der Waals surface area contributed by atoms with Crippen molar-refractivity contribution in [3.63, 3.8) is 0 Å². The Morgan fingerprint density at radius 2 is 1.72 bits per heavy atom. The average molecular weight is 407 g/mol. The van der Waals surface area contributed by atoms with E-state index in [1.807, 2.05) is 35.6 Å². The van der Waals surface area contributed by atoms with Gasteiger partial charge in [0.25, 0.3) is 0 Å². The van der Waals surface area contributed by atoms with Crippen LogP contribution in [0.15, 0.2) is 65.1 Å². The minimum absolute atomic E-state index is 0.0464. The van der Waals surface area contributed by atoms with Crippen molar-refractivity contribution in [3.8, 4) is 0 Å². The Balaban J connectivity index is 1.69. The molecule has 0 aliphatic heterocycles. The number of ketones is 1. The lowest BCUT2D eigenvalue weighted by Crippen LogP contribution is -2.21. The third kappa shape index (κ3) is 2.30. The molecule has 0 N–H and O–H groups in total. The van der Waals surface area contributed by atoms with Crippen LogP contribution in [0.3, 0.4) is 0 Å². The Morgan fingerprint density at radius 3 is 2.60 bits per heavy atom. The molecule has 0 saturated heterocycles. The molecule has 3 aromatic carbocycles. The summed E-state index contributed by atoms with van der Waals surface area (Å²) in [5.74, 6) is 0.211. The van der Waals surface area contributed by atoms with Crippen LogP contribution >= 0.6 is 27.3 Å². The second-order valence-corrected chi connectivity index (χ2v) is 8.45. The molecule has 0 radical (unpaired) electrons. The lowest BCUT2D eigenvalue weighted by atomic mass is 9.79. The van der Waals surface area contributed by atoms with E-state index in [-0.39, 0.29) is 11.7 Å². The molecule has 5 rings (SSSR count). The van der Waals surface area contributed by atoms with Crippen LogP contribution in [-0.2, 0) is 6.42 Å². The van der Waals surface area contributed by atoms with Gasteiger partial charge in [0.05, 0.1) is 0 Å². The van der Waals surface area contributed by atoms with E-state index in [9.17, 15) is 4.79 Å². The third-order valence-corrected chi connectivity index (χ3v) is 7.16. The first-order valence-corrected chi connectivity index (χ1v) is 10.1. The number of carbonyl (C=O) groups excluding carboxylic acids is 1. The highest BCUT2D eigenvalue weighted by molar-refractivity contribution is 9.10.